The van der Waals surface area contributed by atoms with E-state index in [1.54, 1.807) is 54.6 Å². The average molecular weight is 647 g/mol. The van der Waals surface area contributed by atoms with Crippen LogP contribution >= 0.6 is 22.6 Å². The minimum absolute atomic E-state index is 0.0422. The number of aliphatic hydroxyl groups is 1. The molecule has 2 atom stereocenters. The molecule has 1 saturated heterocycles. The molecule has 0 bridgehead atoms. The first kappa shape index (κ1) is 28.5. The number of aliphatic hydroxyl groups excluding tert-OH is 1. The maximum Gasteiger partial charge on any atom is 0.325 e. The normalized spacial score (nSPS) is 15.7. The van der Waals surface area contributed by atoms with Crippen LogP contribution in [-0.2, 0) is 20.7 Å². The number of anilines is 1. The smallest absolute Gasteiger partial charge is 0.325 e. The third-order valence-corrected chi connectivity index (χ3v) is 6.66. The van der Waals surface area contributed by atoms with Crippen molar-refractivity contribution in [3.8, 4) is 5.75 Å². The predicted octanol–water partition coefficient (Wildman–Crippen LogP) is 3.66. The molecule has 0 aliphatic carbocycles. The van der Waals surface area contributed by atoms with E-state index in [1.807, 2.05) is 28.7 Å². The molecule has 4 amide bonds. The first-order valence-electron chi connectivity index (χ1n) is 12.2. The standard InChI is InChI=1S/C28H27FIN3O6/c29-22-17-20(30)8-11-23(22)31-26(35)24(16-18-4-2-1-3-5-18)33-27(36)25(32-28(33)37)19-6-9-21(10-7-19)39-15-14-38-13-12-34/h1-11,17,24-25,34H,12-16H2,(H,31,35)(H,32,37). The molecule has 0 spiro atoms. The fourth-order valence-electron chi connectivity index (χ4n) is 4.10. The molecule has 0 radical (unpaired) electrons. The second kappa shape index (κ2) is 13.5. The third kappa shape index (κ3) is 7.31. The van der Waals surface area contributed by atoms with Crippen molar-refractivity contribution in [2.24, 2.45) is 0 Å². The summed E-state index contributed by atoms with van der Waals surface area (Å²) < 4.78 is 25.9. The Bertz CT molecular complexity index is 1310. The Balaban J connectivity index is 1.51. The van der Waals surface area contributed by atoms with Crippen LogP contribution in [0.3, 0.4) is 0 Å². The van der Waals surface area contributed by atoms with E-state index in [2.05, 4.69) is 10.6 Å². The Labute approximate surface area is 238 Å². The average Bonchev–Trinajstić information content (AvgIpc) is 3.23. The molecule has 1 fully saturated rings. The number of nitrogens with one attached hydrogen (secondary N) is 2. The lowest BCUT2D eigenvalue weighted by Gasteiger charge is -2.25. The minimum atomic E-state index is -1.22. The Morgan fingerprint density at radius 2 is 1.79 bits per heavy atom. The second-order valence-electron chi connectivity index (χ2n) is 8.66. The van der Waals surface area contributed by atoms with E-state index in [0.29, 0.717) is 21.5 Å². The minimum Gasteiger partial charge on any atom is -0.491 e. The molecule has 4 rings (SSSR count). The van der Waals surface area contributed by atoms with E-state index in [-0.39, 0.29) is 31.9 Å². The topological polar surface area (TPSA) is 117 Å². The molecule has 11 heteroatoms. The summed E-state index contributed by atoms with van der Waals surface area (Å²) in [6.45, 7) is 0.754. The number of carbonyl (C=O) groups excluding carboxylic acids is 3. The van der Waals surface area contributed by atoms with E-state index in [9.17, 15) is 18.8 Å². The van der Waals surface area contributed by atoms with Crippen LogP contribution in [0.5, 0.6) is 5.75 Å². The lowest BCUT2D eigenvalue weighted by Crippen LogP contribution is -2.49. The van der Waals surface area contributed by atoms with Gasteiger partial charge in [0.15, 0.2) is 0 Å². The number of halogens is 2. The highest BCUT2D eigenvalue weighted by Crippen LogP contribution is 2.27. The molecule has 0 saturated carbocycles. The molecular weight excluding hydrogens is 620 g/mol. The number of benzene rings is 3. The van der Waals surface area contributed by atoms with Gasteiger partial charge >= 0.3 is 6.03 Å². The maximum absolute atomic E-state index is 14.5. The first-order chi connectivity index (χ1) is 18.9. The summed E-state index contributed by atoms with van der Waals surface area (Å²) in [7, 11) is 0. The summed E-state index contributed by atoms with van der Waals surface area (Å²) in [5, 5.41) is 13.9. The number of carbonyl (C=O) groups is 3. The highest BCUT2D eigenvalue weighted by molar-refractivity contribution is 14.1. The molecule has 1 aliphatic rings. The quantitative estimate of drug-likeness (QED) is 0.157. The molecule has 1 heterocycles. The summed E-state index contributed by atoms with van der Waals surface area (Å²) >= 11 is 1.96. The molecule has 3 aromatic rings. The van der Waals surface area contributed by atoms with Gasteiger partial charge in [0, 0.05) is 9.99 Å². The Kier molecular flexibility index (Phi) is 9.85. The molecule has 3 aromatic carbocycles. The number of hydrogen-bond acceptors (Lipinski definition) is 6. The van der Waals surface area contributed by atoms with Crippen molar-refractivity contribution in [3.05, 3.63) is 93.3 Å². The van der Waals surface area contributed by atoms with Crippen LogP contribution in [-0.4, -0.2) is 60.3 Å². The van der Waals surface area contributed by atoms with Crippen LogP contribution < -0.4 is 15.4 Å². The van der Waals surface area contributed by atoms with Gasteiger partial charge in [0.2, 0.25) is 5.91 Å². The van der Waals surface area contributed by atoms with Crippen molar-refractivity contribution in [2.45, 2.75) is 18.5 Å². The summed E-state index contributed by atoms with van der Waals surface area (Å²) in [4.78, 5) is 40.8. The number of ether oxygens (including phenoxy) is 2. The lowest BCUT2D eigenvalue weighted by atomic mass is 10.0. The highest BCUT2D eigenvalue weighted by atomic mass is 127. The van der Waals surface area contributed by atoms with E-state index in [0.717, 1.165) is 10.5 Å². The Morgan fingerprint density at radius 1 is 1.05 bits per heavy atom. The fraction of sp³-hybridized carbons (Fsp3) is 0.250. The molecule has 3 N–H and O–H groups in total. The van der Waals surface area contributed by atoms with Crippen molar-refractivity contribution in [1.82, 2.24) is 10.2 Å². The molecule has 9 nitrogen and oxygen atoms in total. The fourth-order valence-corrected chi connectivity index (χ4v) is 4.56. The summed E-state index contributed by atoms with van der Waals surface area (Å²) in [6, 6.07) is 17.0. The first-order valence-corrected chi connectivity index (χ1v) is 13.3. The number of imide groups is 1. The van der Waals surface area contributed by atoms with Crippen molar-refractivity contribution in [2.75, 3.05) is 31.7 Å². The maximum atomic E-state index is 14.5. The van der Waals surface area contributed by atoms with Crippen LogP contribution in [0.15, 0.2) is 72.8 Å². The lowest BCUT2D eigenvalue weighted by molar-refractivity contribution is -0.134. The van der Waals surface area contributed by atoms with Gasteiger partial charge in [0.05, 0.1) is 25.5 Å². The molecule has 0 aromatic heterocycles. The second-order valence-corrected chi connectivity index (χ2v) is 9.91. The molecule has 2 unspecified atom stereocenters. The SMILES string of the molecule is O=C(Nc1ccc(I)cc1F)C(Cc1ccccc1)N1C(=O)NC(c2ccc(OCCOCCO)cc2)C1=O. The highest BCUT2D eigenvalue weighted by Gasteiger charge is 2.45. The molecule has 204 valence electrons. The van der Waals surface area contributed by atoms with Gasteiger partial charge < -0.3 is 25.2 Å². The van der Waals surface area contributed by atoms with Crippen LogP contribution in [0.4, 0.5) is 14.9 Å². The van der Waals surface area contributed by atoms with Crippen LogP contribution in [0.25, 0.3) is 0 Å². The van der Waals surface area contributed by atoms with Gasteiger partial charge in [-0.05, 0) is 64.0 Å². The van der Waals surface area contributed by atoms with Crippen LogP contribution in [0.1, 0.15) is 17.2 Å². The number of amides is 4. The molecule has 1 aliphatic heterocycles. The zero-order chi connectivity index (χ0) is 27.8. The Hall–Kier alpha value is -3.55. The van der Waals surface area contributed by atoms with Crippen molar-refractivity contribution in [3.63, 3.8) is 0 Å². The van der Waals surface area contributed by atoms with E-state index in [4.69, 9.17) is 14.6 Å². The molecular formula is C28H27FIN3O6. The summed E-state index contributed by atoms with van der Waals surface area (Å²) in [6.07, 6.45) is 0.0513. The number of hydrogen-bond donors (Lipinski definition) is 3. The number of urea groups is 1. The van der Waals surface area contributed by atoms with Crippen molar-refractivity contribution >= 4 is 46.1 Å². The van der Waals surface area contributed by atoms with Gasteiger partial charge in [0.25, 0.3) is 5.91 Å². The van der Waals surface area contributed by atoms with Crippen molar-refractivity contribution in [1.29, 1.82) is 0 Å². The van der Waals surface area contributed by atoms with Gasteiger partial charge in [-0.3, -0.25) is 9.59 Å². The summed E-state index contributed by atoms with van der Waals surface area (Å²) in [5.74, 6) is -1.35. The third-order valence-electron chi connectivity index (χ3n) is 5.99. The van der Waals surface area contributed by atoms with Crippen LogP contribution in [0.2, 0.25) is 0 Å². The molecule has 39 heavy (non-hydrogen) atoms. The zero-order valence-electron chi connectivity index (χ0n) is 20.8. The predicted molar refractivity (Wildman–Crippen MR) is 150 cm³/mol. The van der Waals surface area contributed by atoms with Crippen molar-refractivity contribution < 1.29 is 33.4 Å². The van der Waals surface area contributed by atoms with Gasteiger partial charge in [-0.1, -0.05) is 42.5 Å². The number of nitrogens with zero attached hydrogens (tertiary/aromatic N) is 1. The van der Waals surface area contributed by atoms with E-state index in [1.165, 1.54) is 12.1 Å². The van der Waals surface area contributed by atoms with Gasteiger partial charge in [-0.25, -0.2) is 14.1 Å². The van der Waals surface area contributed by atoms with Gasteiger partial charge in [-0.15, -0.1) is 0 Å². The van der Waals surface area contributed by atoms with Gasteiger partial charge in [0.1, 0.15) is 30.3 Å². The zero-order valence-corrected chi connectivity index (χ0v) is 23.0. The van der Waals surface area contributed by atoms with Gasteiger partial charge in [-0.2, -0.15) is 0 Å². The monoisotopic (exact) mass is 647 g/mol. The largest absolute Gasteiger partial charge is 0.491 e. The number of rotatable bonds is 12. The van der Waals surface area contributed by atoms with Crippen LogP contribution in [0, 0.1) is 9.39 Å². The van der Waals surface area contributed by atoms with E-state index < -0.39 is 35.7 Å². The Morgan fingerprint density at radius 3 is 2.49 bits per heavy atom. The summed E-state index contributed by atoms with van der Waals surface area (Å²) in [5.41, 5.74) is 1.20. The van der Waals surface area contributed by atoms with E-state index >= 15 is 0 Å².